The van der Waals surface area contributed by atoms with Gasteiger partial charge in [-0.2, -0.15) is 0 Å². The van der Waals surface area contributed by atoms with Crippen LogP contribution in [0.3, 0.4) is 0 Å². The lowest BCUT2D eigenvalue weighted by Gasteiger charge is -2.39. The molecule has 190 valence electrons. The Labute approximate surface area is 190 Å². The van der Waals surface area contributed by atoms with Crippen LogP contribution in [0.1, 0.15) is 6.23 Å². The number of aliphatic hydroxyl groups is 6. The van der Waals surface area contributed by atoms with Crippen LogP contribution in [0.2, 0.25) is 0 Å². The van der Waals surface area contributed by atoms with E-state index < -0.39 is 76.3 Å². The number of nitrogens with two attached hydrogens (primary N) is 1. The van der Waals surface area contributed by atoms with Gasteiger partial charge < -0.3 is 50.7 Å². The van der Waals surface area contributed by atoms with Gasteiger partial charge in [-0.3, -0.25) is 13.6 Å². The molecule has 0 amide bonds. The largest absolute Gasteiger partial charge is 0.474 e. The van der Waals surface area contributed by atoms with Crippen LogP contribution < -0.4 is 5.73 Å². The summed E-state index contributed by atoms with van der Waals surface area (Å²) in [5, 5.41) is 59.4. The Kier molecular flexibility index (Phi) is 7.16. The van der Waals surface area contributed by atoms with E-state index in [0.717, 1.165) is 0 Å². The average Bonchev–Trinajstić information content (AvgIpc) is 3.35. The van der Waals surface area contributed by atoms with Gasteiger partial charge in [-0.05, 0) is 0 Å². The van der Waals surface area contributed by atoms with Gasteiger partial charge in [-0.25, -0.2) is 19.5 Å². The molecule has 4 heterocycles. The molecule has 1 unspecified atom stereocenters. The van der Waals surface area contributed by atoms with Crippen LogP contribution in [-0.4, -0.2) is 117 Å². The smallest absolute Gasteiger partial charge is 0.394 e. The molecule has 2 saturated heterocycles. The van der Waals surface area contributed by atoms with Crippen LogP contribution in [0.25, 0.3) is 11.2 Å². The zero-order valence-electron chi connectivity index (χ0n) is 17.3. The molecule has 10 atom stereocenters. The summed E-state index contributed by atoms with van der Waals surface area (Å²) in [7, 11) is -4.99. The Morgan fingerprint density at radius 1 is 1.00 bits per heavy atom. The molecule has 0 aliphatic carbocycles. The van der Waals surface area contributed by atoms with Crippen molar-refractivity contribution >= 4 is 24.8 Å². The van der Waals surface area contributed by atoms with Gasteiger partial charge in [-0.15, -0.1) is 0 Å². The highest BCUT2D eigenvalue weighted by Gasteiger charge is 2.48. The van der Waals surface area contributed by atoms with Gasteiger partial charge in [0.25, 0.3) is 0 Å². The minimum atomic E-state index is -4.99. The fourth-order valence-electron chi connectivity index (χ4n) is 3.64. The predicted molar refractivity (Wildman–Crippen MR) is 106 cm³/mol. The zero-order valence-corrected chi connectivity index (χ0v) is 18.1. The number of hydrogen-bond acceptors (Lipinski definition) is 15. The van der Waals surface area contributed by atoms with E-state index >= 15 is 0 Å². The molecule has 0 bridgehead atoms. The van der Waals surface area contributed by atoms with E-state index in [9.17, 15) is 40.1 Å². The van der Waals surface area contributed by atoms with Crippen LogP contribution in [0.4, 0.5) is 5.82 Å². The Bertz CT molecular complexity index is 1060. The minimum Gasteiger partial charge on any atom is -0.394 e. The Morgan fingerprint density at radius 3 is 2.41 bits per heavy atom. The van der Waals surface area contributed by atoms with E-state index in [1.807, 2.05) is 0 Å². The van der Waals surface area contributed by atoms with Crippen LogP contribution in [0.5, 0.6) is 0 Å². The SMILES string of the molecule is Nc1ncnc2c1ncn2[C@@H]1O[C@H](COP(=O)(O)O[C@H]2O[C@H](CO)[C@@H](O)[C@H](O)[C@H]2O)[C@@H](O)[C@H]1O. The lowest BCUT2D eigenvalue weighted by atomic mass is 10.00. The van der Waals surface area contributed by atoms with Crippen LogP contribution in [0.15, 0.2) is 12.7 Å². The highest BCUT2D eigenvalue weighted by Crippen LogP contribution is 2.47. The van der Waals surface area contributed by atoms with Crippen molar-refractivity contribution in [3.05, 3.63) is 12.7 Å². The molecule has 2 aromatic heterocycles. The molecular formula is C16H24N5O12P. The first kappa shape index (κ1) is 25.2. The van der Waals surface area contributed by atoms with Gasteiger partial charge in [0.1, 0.15) is 54.6 Å². The molecule has 34 heavy (non-hydrogen) atoms. The van der Waals surface area contributed by atoms with Crippen LogP contribution in [-0.2, 0) is 23.1 Å². The van der Waals surface area contributed by atoms with Crippen molar-refractivity contribution in [1.29, 1.82) is 0 Å². The van der Waals surface area contributed by atoms with E-state index in [4.69, 9.17) is 24.3 Å². The van der Waals surface area contributed by atoms with Gasteiger partial charge in [-0.1, -0.05) is 0 Å². The highest BCUT2D eigenvalue weighted by atomic mass is 31.2. The van der Waals surface area contributed by atoms with Crippen LogP contribution >= 0.6 is 7.82 Å². The standard InChI is InChI=1S/C16H24N5O12P/c17-13-7-14(19-3-18-13)21(4-20-7)15-11(26)9(24)6(31-15)2-30-34(28,29)33-16-12(27)10(25)8(23)5(1-22)32-16/h3-6,8-12,15-16,22-27H,1-2H2,(H,28,29)(H2,17,18,19)/t5-,6-,8-,9-,10+,11-,12-,15-,16-/m1/s1. The van der Waals surface area contributed by atoms with Crippen molar-refractivity contribution in [1.82, 2.24) is 19.5 Å². The number of phosphoric acid groups is 1. The van der Waals surface area contributed by atoms with Crippen molar-refractivity contribution in [2.75, 3.05) is 18.9 Å². The number of aromatic nitrogens is 4. The molecule has 17 nitrogen and oxygen atoms in total. The number of aliphatic hydroxyl groups excluding tert-OH is 6. The first-order valence-electron chi connectivity index (χ1n) is 9.95. The summed E-state index contributed by atoms with van der Waals surface area (Å²) in [6.45, 7) is -1.52. The maximum atomic E-state index is 12.3. The summed E-state index contributed by atoms with van der Waals surface area (Å²) in [6, 6.07) is 0. The summed E-state index contributed by atoms with van der Waals surface area (Å²) in [5.74, 6) is 0.0863. The van der Waals surface area contributed by atoms with Crippen LogP contribution in [0, 0.1) is 0 Å². The Morgan fingerprint density at radius 2 is 1.71 bits per heavy atom. The summed E-state index contributed by atoms with van der Waals surface area (Å²) in [5.41, 5.74) is 6.18. The normalized spacial score (nSPS) is 38.3. The fourth-order valence-corrected chi connectivity index (χ4v) is 4.47. The number of phosphoric ester groups is 1. The quantitative estimate of drug-likeness (QED) is 0.165. The number of anilines is 1. The number of imidazole rings is 1. The molecule has 9 N–H and O–H groups in total. The van der Waals surface area contributed by atoms with E-state index in [-0.39, 0.29) is 17.0 Å². The summed E-state index contributed by atoms with van der Waals surface area (Å²) < 4.78 is 33.7. The monoisotopic (exact) mass is 509 g/mol. The molecule has 18 heteroatoms. The third kappa shape index (κ3) is 4.66. The topological polar surface area (TPSA) is 265 Å². The molecule has 0 spiro atoms. The Balaban J connectivity index is 1.41. The predicted octanol–water partition coefficient (Wildman–Crippen LogP) is -4.04. The number of nitrogens with zero attached hydrogens (tertiary/aromatic N) is 4. The van der Waals surface area contributed by atoms with Gasteiger partial charge in [0.05, 0.1) is 19.5 Å². The first-order valence-corrected chi connectivity index (χ1v) is 11.4. The van der Waals surface area contributed by atoms with E-state index in [0.29, 0.717) is 0 Å². The molecular weight excluding hydrogens is 485 g/mol. The highest BCUT2D eigenvalue weighted by molar-refractivity contribution is 7.47. The molecule has 0 radical (unpaired) electrons. The second-order valence-corrected chi connectivity index (χ2v) is 9.10. The Hall–Kier alpha value is -1.86. The zero-order chi connectivity index (χ0) is 24.8. The van der Waals surface area contributed by atoms with Gasteiger partial charge in [0.2, 0.25) is 0 Å². The second-order valence-electron chi connectivity index (χ2n) is 7.70. The molecule has 2 fully saturated rings. The summed E-state index contributed by atoms with van der Waals surface area (Å²) >= 11 is 0. The van der Waals surface area contributed by atoms with E-state index in [2.05, 4.69) is 15.0 Å². The molecule has 0 aromatic carbocycles. The number of fused-ring (bicyclic) bond motifs is 1. The maximum Gasteiger partial charge on any atom is 0.474 e. The van der Waals surface area contributed by atoms with Crippen molar-refractivity contribution in [3.63, 3.8) is 0 Å². The number of hydrogen-bond donors (Lipinski definition) is 8. The van der Waals surface area contributed by atoms with E-state index in [1.54, 1.807) is 0 Å². The minimum absolute atomic E-state index is 0.0863. The third-order valence-corrected chi connectivity index (χ3v) is 6.44. The number of ether oxygens (including phenoxy) is 2. The maximum absolute atomic E-state index is 12.3. The number of nitrogen functional groups attached to an aromatic ring is 1. The van der Waals surface area contributed by atoms with Crippen molar-refractivity contribution in [2.24, 2.45) is 0 Å². The summed E-state index contributed by atoms with van der Waals surface area (Å²) in [4.78, 5) is 21.9. The van der Waals surface area contributed by atoms with E-state index in [1.165, 1.54) is 17.2 Å². The summed E-state index contributed by atoms with van der Waals surface area (Å²) in [6.07, 6.45) is -11.9. The number of rotatable bonds is 7. The molecule has 2 aliphatic heterocycles. The molecule has 2 aromatic rings. The average molecular weight is 509 g/mol. The molecule has 0 saturated carbocycles. The second kappa shape index (κ2) is 9.65. The van der Waals surface area contributed by atoms with Gasteiger partial charge in [0, 0.05) is 0 Å². The van der Waals surface area contributed by atoms with Crippen molar-refractivity contribution in [3.8, 4) is 0 Å². The molecule has 2 aliphatic rings. The van der Waals surface area contributed by atoms with Crippen molar-refractivity contribution in [2.45, 2.75) is 55.2 Å². The van der Waals surface area contributed by atoms with Crippen molar-refractivity contribution < 1.29 is 58.6 Å². The van der Waals surface area contributed by atoms with Gasteiger partial charge >= 0.3 is 7.82 Å². The third-order valence-electron chi connectivity index (χ3n) is 5.49. The first-order chi connectivity index (χ1) is 16.0. The lowest BCUT2D eigenvalue weighted by molar-refractivity contribution is -0.281. The lowest BCUT2D eigenvalue weighted by Crippen LogP contribution is -2.58. The van der Waals surface area contributed by atoms with Gasteiger partial charge in [0.15, 0.2) is 24.0 Å². The molecule has 4 rings (SSSR count). The fraction of sp³-hybridized carbons (Fsp3) is 0.688.